The highest BCUT2D eigenvalue weighted by Gasteiger charge is 2.03. The van der Waals surface area contributed by atoms with Gasteiger partial charge in [-0.1, -0.05) is 33.4 Å². The molecule has 0 saturated heterocycles. The summed E-state index contributed by atoms with van der Waals surface area (Å²) in [6.07, 6.45) is 1.48. The van der Waals surface area contributed by atoms with E-state index in [2.05, 4.69) is 20.9 Å². The van der Waals surface area contributed by atoms with Gasteiger partial charge in [-0.05, 0) is 33.6 Å². The zero-order valence-electron chi connectivity index (χ0n) is 11.6. The van der Waals surface area contributed by atoms with Gasteiger partial charge in [0.2, 0.25) is 0 Å². The van der Waals surface area contributed by atoms with Crippen LogP contribution < -0.4 is 16.0 Å². The van der Waals surface area contributed by atoms with Gasteiger partial charge in [-0.2, -0.15) is 0 Å². The molecule has 0 radical (unpaired) electrons. The molecular weight excluding hydrogens is 336 g/mol. The molecule has 116 valence electrons. The Labute approximate surface area is 132 Å². The summed E-state index contributed by atoms with van der Waals surface area (Å²) in [7, 11) is 1.60. The standard InChI is InChI=1S/C12H11BrN2O3.C2H6.CH4/c1-18-9-4-2-8(3-5-9)6-15-7-10(13)11(16)14-12(15)17;1-2;/h2-5,7H,6H2,1H3,(H,14,16,17);1-2H3;1H4. The Morgan fingerprint density at radius 1 is 1.19 bits per heavy atom. The van der Waals surface area contributed by atoms with Crippen molar-refractivity contribution in [2.75, 3.05) is 7.11 Å². The lowest BCUT2D eigenvalue weighted by Crippen LogP contribution is -2.30. The molecule has 1 heterocycles. The molecule has 1 aromatic heterocycles. The number of nitrogens with one attached hydrogen (secondary N) is 1. The molecule has 1 aromatic carbocycles. The van der Waals surface area contributed by atoms with Crippen LogP contribution >= 0.6 is 15.9 Å². The smallest absolute Gasteiger partial charge is 0.328 e. The van der Waals surface area contributed by atoms with Crippen molar-refractivity contribution in [2.45, 2.75) is 27.8 Å². The van der Waals surface area contributed by atoms with E-state index < -0.39 is 11.2 Å². The van der Waals surface area contributed by atoms with Crippen LogP contribution in [-0.4, -0.2) is 16.7 Å². The first kappa shape index (κ1) is 19.2. The van der Waals surface area contributed by atoms with Crippen LogP contribution in [0.25, 0.3) is 0 Å². The Morgan fingerprint density at radius 2 is 1.76 bits per heavy atom. The SMILES string of the molecule is C.CC.COc1ccc(Cn2cc(Br)c(=O)[nH]c2=O)cc1. The maximum atomic E-state index is 11.6. The molecule has 2 aromatic rings. The molecule has 6 heteroatoms. The first-order valence-corrected chi connectivity index (χ1v) is 7.01. The van der Waals surface area contributed by atoms with E-state index in [1.807, 2.05) is 38.1 Å². The number of methoxy groups -OCH3 is 1. The average molecular weight is 357 g/mol. The number of hydrogen-bond donors (Lipinski definition) is 1. The lowest BCUT2D eigenvalue weighted by Gasteiger charge is -2.06. The van der Waals surface area contributed by atoms with E-state index in [1.54, 1.807) is 7.11 Å². The number of ether oxygens (including phenoxy) is 1. The summed E-state index contributed by atoms with van der Waals surface area (Å²) in [6, 6.07) is 7.37. The summed E-state index contributed by atoms with van der Waals surface area (Å²) in [6.45, 7) is 4.39. The molecule has 1 N–H and O–H groups in total. The van der Waals surface area contributed by atoms with Crippen LogP contribution in [0, 0.1) is 0 Å². The van der Waals surface area contributed by atoms with Gasteiger partial charge in [0, 0.05) is 6.20 Å². The quantitative estimate of drug-likeness (QED) is 0.919. The van der Waals surface area contributed by atoms with Crippen molar-refractivity contribution in [1.29, 1.82) is 0 Å². The van der Waals surface area contributed by atoms with E-state index in [4.69, 9.17) is 4.74 Å². The van der Waals surface area contributed by atoms with Crippen LogP contribution in [0.4, 0.5) is 0 Å². The van der Waals surface area contributed by atoms with E-state index in [0.717, 1.165) is 11.3 Å². The van der Waals surface area contributed by atoms with E-state index in [1.165, 1.54) is 10.8 Å². The number of hydrogen-bond acceptors (Lipinski definition) is 3. The van der Waals surface area contributed by atoms with Crippen LogP contribution in [0.1, 0.15) is 26.8 Å². The molecule has 0 unspecified atom stereocenters. The molecule has 0 spiro atoms. The third-order valence-electron chi connectivity index (χ3n) is 2.48. The van der Waals surface area contributed by atoms with E-state index in [0.29, 0.717) is 11.0 Å². The Bertz CT molecular complexity index is 660. The number of nitrogens with zero attached hydrogens (tertiary/aromatic N) is 1. The van der Waals surface area contributed by atoms with E-state index in [9.17, 15) is 9.59 Å². The molecule has 0 aliphatic carbocycles. The predicted molar refractivity (Wildman–Crippen MR) is 89.2 cm³/mol. The Morgan fingerprint density at radius 3 is 2.29 bits per heavy atom. The lowest BCUT2D eigenvalue weighted by molar-refractivity contribution is 0.414. The zero-order valence-corrected chi connectivity index (χ0v) is 13.2. The van der Waals surface area contributed by atoms with Gasteiger partial charge in [-0.15, -0.1) is 0 Å². The van der Waals surface area contributed by atoms with Crippen LogP contribution in [0.15, 0.2) is 44.5 Å². The van der Waals surface area contributed by atoms with Crippen LogP contribution in [0.2, 0.25) is 0 Å². The van der Waals surface area contributed by atoms with Gasteiger partial charge in [-0.25, -0.2) is 4.79 Å². The minimum atomic E-state index is -0.431. The molecule has 5 nitrogen and oxygen atoms in total. The summed E-state index contributed by atoms with van der Waals surface area (Å²) in [5.41, 5.74) is 0.0850. The number of aromatic nitrogens is 2. The molecule has 2 rings (SSSR count). The first-order chi connectivity index (χ1) is 9.60. The van der Waals surface area contributed by atoms with Crippen molar-refractivity contribution in [2.24, 2.45) is 0 Å². The normalized spacial score (nSPS) is 9.14. The minimum Gasteiger partial charge on any atom is -0.497 e. The van der Waals surface area contributed by atoms with E-state index >= 15 is 0 Å². The van der Waals surface area contributed by atoms with Gasteiger partial charge >= 0.3 is 5.69 Å². The number of H-pyrrole nitrogens is 1. The summed E-state index contributed by atoms with van der Waals surface area (Å²) in [5, 5.41) is 0. The molecule has 0 bridgehead atoms. The highest BCUT2D eigenvalue weighted by molar-refractivity contribution is 9.10. The second-order valence-electron chi connectivity index (χ2n) is 3.71. The molecule has 0 amide bonds. The lowest BCUT2D eigenvalue weighted by atomic mass is 10.2. The topological polar surface area (TPSA) is 64.1 Å². The van der Waals surface area contributed by atoms with Gasteiger partial charge < -0.3 is 4.74 Å². The van der Waals surface area contributed by atoms with Crippen molar-refractivity contribution in [3.05, 3.63) is 61.3 Å². The zero-order chi connectivity index (χ0) is 15.1. The fourth-order valence-electron chi connectivity index (χ4n) is 1.53. The van der Waals surface area contributed by atoms with Gasteiger partial charge in [0.05, 0.1) is 18.1 Å². The summed E-state index contributed by atoms with van der Waals surface area (Å²) < 4.78 is 6.81. The maximum absolute atomic E-state index is 11.6. The van der Waals surface area contributed by atoms with Crippen LogP contribution in [0.3, 0.4) is 0 Å². The first-order valence-electron chi connectivity index (χ1n) is 6.22. The fourth-order valence-corrected chi connectivity index (χ4v) is 1.87. The van der Waals surface area contributed by atoms with Crippen molar-refractivity contribution in [3.8, 4) is 5.75 Å². The molecule has 0 aliphatic rings. The molecular formula is C15H21BrN2O3. The van der Waals surface area contributed by atoms with Gasteiger partial charge in [0.25, 0.3) is 5.56 Å². The molecule has 0 aliphatic heterocycles. The largest absolute Gasteiger partial charge is 0.497 e. The van der Waals surface area contributed by atoms with Crippen molar-refractivity contribution >= 4 is 15.9 Å². The fraction of sp³-hybridized carbons (Fsp3) is 0.333. The third-order valence-corrected chi connectivity index (χ3v) is 3.04. The highest BCUT2D eigenvalue weighted by atomic mass is 79.9. The van der Waals surface area contributed by atoms with E-state index in [-0.39, 0.29) is 7.43 Å². The van der Waals surface area contributed by atoms with Gasteiger partial charge in [-0.3, -0.25) is 14.3 Å². The summed E-state index contributed by atoms with van der Waals surface area (Å²) in [5.74, 6) is 0.758. The minimum absolute atomic E-state index is 0. The number of benzene rings is 1. The van der Waals surface area contributed by atoms with Crippen molar-refractivity contribution in [1.82, 2.24) is 9.55 Å². The summed E-state index contributed by atoms with van der Waals surface area (Å²) in [4.78, 5) is 25.0. The number of rotatable bonds is 3. The monoisotopic (exact) mass is 356 g/mol. The van der Waals surface area contributed by atoms with Crippen LogP contribution in [0.5, 0.6) is 5.75 Å². The Kier molecular flexibility index (Phi) is 8.38. The number of aromatic amines is 1. The average Bonchev–Trinajstić information content (AvgIpc) is 2.47. The number of halogens is 1. The Balaban J connectivity index is 0.00000128. The molecule has 0 atom stereocenters. The second-order valence-corrected chi connectivity index (χ2v) is 4.57. The van der Waals surface area contributed by atoms with Gasteiger partial charge in [0.1, 0.15) is 5.75 Å². The van der Waals surface area contributed by atoms with Crippen molar-refractivity contribution in [3.63, 3.8) is 0 Å². The maximum Gasteiger partial charge on any atom is 0.328 e. The second kappa shape index (κ2) is 9.18. The molecule has 0 saturated carbocycles. The highest BCUT2D eigenvalue weighted by Crippen LogP contribution is 2.12. The summed E-state index contributed by atoms with van der Waals surface area (Å²) >= 11 is 3.09. The third kappa shape index (κ3) is 5.23. The van der Waals surface area contributed by atoms with Crippen molar-refractivity contribution < 1.29 is 4.74 Å². The van der Waals surface area contributed by atoms with Crippen LogP contribution in [-0.2, 0) is 6.54 Å². The Hall–Kier alpha value is -1.82. The van der Waals surface area contributed by atoms with Gasteiger partial charge in [0.15, 0.2) is 0 Å². The molecule has 0 fully saturated rings. The molecule has 21 heavy (non-hydrogen) atoms. The predicted octanol–water partition coefficient (Wildman–Crippen LogP) is 3.02.